The molecule has 3 aromatic rings. The molecule has 0 spiro atoms. The number of amides is 1. The fourth-order valence-electron chi connectivity index (χ4n) is 2.42. The average molecular weight is 386 g/mol. The molecule has 27 heavy (non-hydrogen) atoms. The SMILES string of the molecule is CC(=O)NCc1cnc(-c2cnc(NC(C)(C)c3ncccc3F)nc2)s1. The first-order chi connectivity index (χ1) is 12.8. The molecule has 3 heterocycles. The molecule has 9 heteroatoms. The molecule has 0 radical (unpaired) electrons. The summed E-state index contributed by atoms with van der Waals surface area (Å²) in [6, 6.07) is 2.92. The Bertz CT molecular complexity index is 941. The third-order valence-corrected chi connectivity index (χ3v) is 4.79. The molecule has 2 N–H and O–H groups in total. The fraction of sp³-hybridized carbons (Fsp3) is 0.278. The van der Waals surface area contributed by atoms with Crippen molar-refractivity contribution in [1.82, 2.24) is 25.3 Å². The highest BCUT2D eigenvalue weighted by molar-refractivity contribution is 7.15. The van der Waals surface area contributed by atoms with Gasteiger partial charge in [0.2, 0.25) is 11.9 Å². The standard InChI is InChI=1S/C18H19FN6OS/c1-11(26)21-9-13-10-22-16(27-13)12-7-23-17(24-8-12)25-18(2,3)15-14(19)5-4-6-20-15/h4-8,10H,9H2,1-3H3,(H,21,26)(H,23,24,25). The van der Waals surface area contributed by atoms with E-state index in [1.807, 2.05) is 13.8 Å². The third kappa shape index (κ3) is 4.62. The van der Waals surface area contributed by atoms with Crippen molar-refractivity contribution in [2.75, 3.05) is 5.32 Å². The van der Waals surface area contributed by atoms with Crippen LogP contribution in [0.15, 0.2) is 36.9 Å². The summed E-state index contributed by atoms with van der Waals surface area (Å²) >= 11 is 1.46. The summed E-state index contributed by atoms with van der Waals surface area (Å²) in [7, 11) is 0. The molecule has 0 aliphatic rings. The molecule has 7 nitrogen and oxygen atoms in total. The first kappa shape index (κ1) is 18.8. The Balaban J connectivity index is 1.72. The Morgan fingerprint density at radius 3 is 2.59 bits per heavy atom. The van der Waals surface area contributed by atoms with Crippen LogP contribution in [0.25, 0.3) is 10.6 Å². The molecule has 0 aliphatic carbocycles. The van der Waals surface area contributed by atoms with E-state index in [-0.39, 0.29) is 11.7 Å². The Kier molecular flexibility index (Phi) is 5.41. The van der Waals surface area contributed by atoms with Gasteiger partial charge in [-0.2, -0.15) is 0 Å². The molecule has 3 aromatic heterocycles. The lowest BCUT2D eigenvalue weighted by atomic mass is 9.99. The number of thiazole rings is 1. The first-order valence-corrected chi connectivity index (χ1v) is 9.07. The highest BCUT2D eigenvalue weighted by Crippen LogP contribution is 2.27. The van der Waals surface area contributed by atoms with E-state index in [1.165, 1.54) is 24.3 Å². The number of rotatable bonds is 6. The van der Waals surface area contributed by atoms with Gasteiger partial charge >= 0.3 is 0 Å². The van der Waals surface area contributed by atoms with Gasteiger partial charge in [0, 0.05) is 42.2 Å². The predicted molar refractivity (Wildman–Crippen MR) is 102 cm³/mol. The van der Waals surface area contributed by atoms with Crippen LogP contribution in [0.1, 0.15) is 31.3 Å². The summed E-state index contributed by atoms with van der Waals surface area (Å²) in [5.41, 5.74) is 0.279. The maximum atomic E-state index is 14.0. The van der Waals surface area contributed by atoms with Gasteiger partial charge in [-0.25, -0.2) is 19.3 Å². The molecule has 1 amide bonds. The molecule has 140 valence electrons. The number of carbonyl (C=O) groups excluding carboxylic acids is 1. The van der Waals surface area contributed by atoms with Crippen molar-refractivity contribution in [2.24, 2.45) is 0 Å². The minimum Gasteiger partial charge on any atom is -0.351 e. The maximum Gasteiger partial charge on any atom is 0.223 e. The van der Waals surface area contributed by atoms with E-state index in [2.05, 4.69) is 30.6 Å². The van der Waals surface area contributed by atoms with E-state index in [1.54, 1.807) is 30.9 Å². The zero-order chi connectivity index (χ0) is 19.4. The van der Waals surface area contributed by atoms with E-state index < -0.39 is 5.54 Å². The molecule has 0 aliphatic heterocycles. The van der Waals surface area contributed by atoms with Gasteiger partial charge in [-0.15, -0.1) is 11.3 Å². The molecule has 0 fully saturated rings. The van der Waals surface area contributed by atoms with Gasteiger partial charge < -0.3 is 10.6 Å². The summed E-state index contributed by atoms with van der Waals surface area (Å²) in [4.78, 5) is 29.0. The van der Waals surface area contributed by atoms with Crippen molar-refractivity contribution >= 4 is 23.2 Å². The molecular weight excluding hydrogens is 367 g/mol. The van der Waals surface area contributed by atoms with Crippen LogP contribution in [0.5, 0.6) is 0 Å². The number of nitrogens with one attached hydrogen (secondary N) is 2. The van der Waals surface area contributed by atoms with Crippen LogP contribution in [0.4, 0.5) is 10.3 Å². The topological polar surface area (TPSA) is 92.7 Å². The molecule has 0 bridgehead atoms. The number of halogens is 1. The lowest BCUT2D eigenvalue weighted by Crippen LogP contribution is -2.31. The van der Waals surface area contributed by atoms with Gasteiger partial charge in [-0.1, -0.05) is 0 Å². The van der Waals surface area contributed by atoms with E-state index in [9.17, 15) is 9.18 Å². The van der Waals surface area contributed by atoms with Crippen LogP contribution in [-0.4, -0.2) is 25.8 Å². The minimum absolute atomic E-state index is 0.0873. The lowest BCUT2D eigenvalue weighted by molar-refractivity contribution is -0.119. The van der Waals surface area contributed by atoms with Gasteiger partial charge in [0.05, 0.1) is 12.1 Å². The third-order valence-electron chi connectivity index (χ3n) is 3.74. The highest BCUT2D eigenvalue weighted by atomic mass is 32.1. The fourth-order valence-corrected chi connectivity index (χ4v) is 3.25. The number of aromatic nitrogens is 4. The number of nitrogens with zero attached hydrogens (tertiary/aromatic N) is 4. The summed E-state index contributed by atoms with van der Waals surface area (Å²) < 4.78 is 14.0. The lowest BCUT2D eigenvalue weighted by Gasteiger charge is -2.25. The average Bonchev–Trinajstić information content (AvgIpc) is 3.09. The van der Waals surface area contributed by atoms with Gasteiger partial charge in [0.15, 0.2) is 0 Å². The zero-order valence-corrected chi connectivity index (χ0v) is 16.0. The van der Waals surface area contributed by atoms with Crippen LogP contribution in [-0.2, 0) is 16.9 Å². The summed E-state index contributed by atoms with van der Waals surface area (Å²) in [5, 5.41) is 6.60. The van der Waals surface area contributed by atoms with Crippen molar-refractivity contribution in [3.63, 3.8) is 0 Å². The van der Waals surface area contributed by atoms with Gasteiger partial charge in [0.1, 0.15) is 16.5 Å². The number of hydrogen-bond donors (Lipinski definition) is 2. The van der Waals surface area contributed by atoms with E-state index in [0.29, 0.717) is 18.2 Å². The van der Waals surface area contributed by atoms with Crippen LogP contribution < -0.4 is 10.6 Å². The Hall–Kier alpha value is -2.94. The predicted octanol–water partition coefficient (Wildman–Crippen LogP) is 3.12. The summed E-state index contributed by atoms with van der Waals surface area (Å²) in [6.45, 7) is 5.53. The normalized spacial score (nSPS) is 11.3. The van der Waals surface area contributed by atoms with Crippen molar-refractivity contribution in [2.45, 2.75) is 32.9 Å². The quantitative estimate of drug-likeness (QED) is 0.676. The van der Waals surface area contributed by atoms with Crippen molar-refractivity contribution in [1.29, 1.82) is 0 Å². The van der Waals surface area contributed by atoms with Gasteiger partial charge in [-0.3, -0.25) is 9.78 Å². The Morgan fingerprint density at radius 1 is 1.19 bits per heavy atom. The van der Waals surface area contributed by atoms with Crippen LogP contribution in [0.2, 0.25) is 0 Å². The molecule has 0 unspecified atom stereocenters. The second-order valence-corrected chi connectivity index (χ2v) is 7.54. The monoisotopic (exact) mass is 386 g/mol. The Labute approximate surface area is 160 Å². The highest BCUT2D eigenvalue weighted by Gasteiger charge is 2.26. The Morgan fingerprint density at radius 2 is 1.93 bits per heavy atom. The van der Waals surface area contributed by atoms with Crippen molar-refractivity contribution < 1.29 is 9.18 Å². The van der Waals surface area contributed by atoms with Crippen LogP contribution in [0, 0.1) is 5.82 Å². The van der Waals surface area contributed by atoms with Crippen molar-refractivity contribution in [3.8, 4) is 10.6 Å². The van der Waals surface area contributed by atoms with E-state index in [0.717, 1.165) is 15.4 Å². The number of carbonyl (C=O) groups is 1. The summed E-state index contributed by atoms with van der Waals surface area (Å²) in [5.74, 6) is -0.111. The van der Waals surface area contributed by atoms with Gasteiger partial charge in [0.25, 0.3) is 0 Å². The second-order valence-electron chi connectivity index (χ2n) is 6.42. The first-order valence-electron chi connectivity index (χ1n) is 8.26. The van der Waals surface area contributed by atoms with Crippen molar-refractivity contribution in [3.05, 3.63) is 53.3 Å². The van der Waals surface area contributed by atoms with E-state index in [4.69, 9.17) is 0 Å². The van der Waals surface area contributed by atoms with Crippen LogP contribution in [0.3, 0.4) is 0 Å². The minimum atomic E-state index is -0.778. The number of pyridine rings is 1. The number of anilines is 1. The second kappa shape index (κ2) is 7.75. The van der Waals surface area contributed by atoms with E-state index >= 15 is 0 Å². The zero-order valence-electron chi connectivity index (χ0n) is 15.2. The maximum absolute atomic E-state index is 14.0. The number of hydrogen-bond acceptors (Lipinski definition) is 7. The summed E-state index contributed by atoms with van der Waals surface area (Å²) in [6.07, 6.45) is 6.57. The molecule has 0 atom stereocenters. The van der Waals surface area contributed by atoms with Crippen LogP contribution >= 0.6 is 11.3 Å². The molecule has 0 aromatic carbocycles. The van der Waals surface area contributed by atoms with Gasteiger partial charge in [-0.05, 0) is 26.0 Å². The largest absolute Gasteiger partial charge is 0.351 e. The molecule has 3 rings (SSSR count). The molecule has 0 saturated carbocycles. The molecular formula is C18H19FN6OS. The smallest absolute Gasteiger partial charge is 0.223 e. The molecule has 0 saturated heterocycles.